The molecule has 1 atom stereocenters. The highest BCUT2D eigenvalue weighted by Gasteiger charge is 2.17. The topological polar surface area (TPSA) is 29.5 Å². The number of rotatable bonds is 4. The number of amides is 1. The van der Waals surface area contributed by atoms with Crippen molar-refractivity contribution in [3.63, 3.8) is 0 Å². The van der Waals surface area contributed by atoms with Crippen LogP contribution in [-0.4, -0.2) is 25.1 Å². The van der Waals surface area contributed by atoms with E-state index in [1.54, 1.807) is 7.05 Å². The summed E-state index contributed by atoms with van der Waals surface area (Å²) in [4.78, 5) is 16.6. The van der Waals surface area contributed by atoms with Crippen LogP contribution in [-0.2, 0) is 16.1 Å². The van der Waals surface area contributed by atoms with Crippen LogP contribution in [0.15, 0.2) is 24.3 Å². The largest absolute Gasteiger partial charge is 0.275 e. The molecule has 0 saturated heterocycles. The molecular weight excluding hydrogens is 202 g/mol. The lowest BCUT2D eigenvalue weighted by molar-refractivity contribution is -0.172. The molecule has 0 aliphatic heterocycles. The number of nitrogens with zero attached hydrogens (tertiary/aromatic N) is 1. The maximum Gasteiger partial charge on any atom is 0.248 e. The van der Waals surface area contributed by atoms with Gasteiger partial charge in [-0.2, -0.15) is 0 Å². The highest BCUT2D eigenvalue weighted by atomic mass is 16.7. The molecule has 0 fully saturated rings. The van der Waals surface area contributed by atoms with E-state index in [1.807, 2.05) is 6.92 Å². The Balaban J connectivity index is 2.60. The predicted octanol–water partition coefficient (Wildman–Crippen LogP) is 2.19. The molecule has 0 aliphatic rings. The van der Waals surface area contributed by atoms with Crippen LogP contribution in [0.4, 0.5) is 0 Å². The van der Waals surface area contributed by atoms with E-state index in [4.69, 9.17) is 4.84 Å². The molecule has 0 spiro atoms. The first-order valence-electron chi connectivity index (χ1n) is 5.41. The van der Waals surface area contributed by atoms with Crippen LogP contribution in [0.3, 0.4) is 0 Å². The van der Waals surface area contributed by atoms with Gasteiger partial charge in [0.25, 0.3) is 0 Å². The van der Waals surface area contributed by atoms with Gasteiger partial charge in [-0.3, -0.25) is 9.63 Å². The number of carbonyl (C=O) groups excluding carboxylic acids is 1. The van der Waals surface area contributed by atoms with Crippen LogP contribution >= 0.6 is 0 Å². The van der Waals surface area contributed by atoms with Crippen molar-refractivity contribution in [1.29, 1.82) is 0 Å². The number of hydrogen-bond donors (Lipinski definition) is 0. The molecule has 3 nitrogen and oxygen atoms in total. The van der Waals surface area contributed by atoms with Crippen LogP contribution < -0.4 is 0 Å². The van der Waals surface area contributed by atoms with E-state index in [9.17, 15) is 4.79 Å². The minimum Gasteiger partial charge on any atom is -0.275 e. The van der Waals surface area contributed by atoms with E-state index in [0.717, 1.165) is 6.42 Å². The van der Waals surface area contributed by atoms with Gasteiger partial charge >= 0.3 is 0 Å². The molecule has 1 aromatic carbocycles. The van der Waals surface area contributed by atoms with E-state index in [1.165, 1.54) is 23.3 Å². The molecule has 0 saturated carbocycles. The Kier molecular flexibility index (Phi) is 4.50. The van der Waals surface area contributed by atoms with Gasteiger partial charge in [0.05, 0.1) is 7.11 Å². The Morgan fingerprint density at radius 3 is 2.44 bits per heavy atom. The van der Waals surface area contributed by atoms with Crippen molar-refractivity contribution in [1.82, 2.24) is 5.06 Å². The van der Waals surface area contributed by atoms with E-state index in [2.05, 4.69) is 31.2 Å². The first-order valence-corrected chi connectivity index (χ1v) is 5.41. The molecule has 0 bridgehead atoms. The molecule has 0 radical (unpaired) electrons. The van der Waals surface area contributed by atoms with Gasteiger partial charge in [-0.15, -0.1) is 0 Å². The minimum atomic E-state index is -0.0624. The summed E-state index contributed by atoms with van der Waals surface area (Å²) in [5, 5.41) is 1.28. The van der Waals surface area contributed by atoms with Gasteiger partial charge < -0.3 is 0 Å². The van der Waals surface area contributed by atoms with E-state index in [-0.39, 0.29) is 11.8 Å². The fourth-order valence-electron chi connectivity index (χ4n) is 1.57. The summed E-state index contributed by atoms with van der Waals surface area (Å²) in [6.45, 7) is 3.97. The molecule has 1 amide bonds. The fraction of sp³-hybridized carbons (Fsp3) is 0.462. The molecule has 0 N–H and O–H groups in total. The zero-order valence-electron chi connectivity index (χ0n) is 10.4. The SMILES string of the molecule is CON(C)C(=O)[C@@H](C)Cc1ccc(C)cc1. The normalized spacial score (nSPS) is 12.2. The summed E-state index contributed by atoms with van der Waals surface area (Å²) in [5.41, 5.74) is 2.41. The summed E-state index contributed by atoms with van der Waals surface area (Å²) < 4.78 is 0. The molecular formula is C13H19NO2. The summed E-state index contributed by atoms with van der Waals surface area (Å²) in [6, 6.07) is 8.25. The maximum atomic E-state index is 11.7. The second kappa shape index (κ2) is 5.66. The smallest absolute Gasteiger partial charge is 0.248 e. The standard InChI is InChI=1S/C13H19NO2/c1-10-5-7-12(8-6-10)9-11(2)13(15)14(3)16-4/h5-8,11H,9H2,1-4H3/t11-/m0/s1. The third kappa shape index (κ3) is 3.35. The summed E-state index contributed by atoms with van der Waals surface area (Å²) in [6.07, 6.45) is 0.743. The molecule has 1 rings (SSSR count). The third-order valence-corrected chi connectivity index (χ3v) is 2.67. The summed E-state index contributed by atoms with van der Waals surface area (Å²) in [5.74, 6) is -0.0595. The van der Waals surface area contributed by atoms with Crippen LogP contribution in [0, 0.1) is 12.8 Å². The van der Waals surface area contributed by atoms with Gasteiger partial charge in [-0.1, -0.05) is 36.8 Å². The van der Waals surface area contributed by atoms with Crippen molar-refractivity contribution < 1.29 is 9.63 Å². The highest BCUT2D eigenvalue weighted by Crippen LogP contribution is 2.11. The average Bonchev–Trinajstić information content (AvgIpc) is 2.30. The van der Waals surface area contributed by atoms with Crippen LogP contribution in [0.2, 0.25) is 0 Å². The molecule has 0 aliphatic carbocycles. The Labute approximate surface area is 97.0 Å². The Hall–Kier alpha value is -1.35. The molecule has 0 aromatic heterocycles. The highest BCUT2D eigenvalue weighted by molar-refractivity contribution is 5.77. The van der Waals surface area contributed by atoms with Gasteiger partial charge in [0.2, 0.25) is 5.91 Å². The third-order valence-electron chi connectivity index (χ3n) is 2.67. The van der Waals surface area contributed by atoms with Gasteiger partial charge in [-0.05, 0) is 18.9 Å². The number of aryl methyl sites for hydroxylation is 1. The Morgan fingerprint density at radius 2 is 1.94 bits per heavy atom. The number of carbonyl (C=O) groups is 1. The summed E-state index contributed by atoms with van der Waals surface area (Å²) in [7, 11) is 3.13. The molecule has 88 valence electrons. The van der Waals surface area contributed by atoms with Crippen LogP contribution in [0.25, 0.3) is 0 Å². The van der Waals surface area contributed by atoms with Crippen molar-refractivity contribution in [2.24, 2.45) is 5.92 Å². The zero-order chi connectivity index (χ0) is 12.1. The second-order valence-corrected chi connectivity index (χ2v) is 4.11. The van der Waals surface area contributed by atoms with Crippen LogP contribution in [0.5, 0.6) is 0 Å². The van der Waals surface area contributed by atoms with Crippen LogP contribution in [0.1, 0.15) is 18.1 Å². The molecule has 0 heterocycles. The van der Waals surface area contributed by atoms with E-state index >= 15 is 0 Å². The lowest BCUT2D eigenvalue weighted by atomic mass is 9.99. The monoisotopic (exact) mass is 221 g/mol. The number of hydroxylamine groups is 2. The van der Waals surface area contributed by atoms with Crippen molar-refractivity contribution in [3.8, 4) is 0 Å². The quantitative estimate of drug-likeness (QED) is 0.729. The van der Waals surface area contributed by atoms with Crippen molar-refractivity contribution in [2.45, 2.75) is 20.3 Å². The van der Waals surface area contributed by atoms with Crippen molar-refractivity contribution >= 4 is 5.91 Å². The fourth-order valence-corrected chi connectivity index (χ4v) is 1.57. The first-order chi connectivity index (χ1) is 7.54. The predicted molar refractivity (Wildman–Crippen MR) is 63.8 cm³/mol. The summed E-state index contributed by atoms with van der Waals surface area (Å²) >= 11 is 0. The second-order valence-electron chi connectivity index (χ2n) is 4.11. The Morgan fingerprint density at radius 1 is 1.38 bits per heavy atom. The van der Waals surface area contributed by atoms with Gasteiger partial charge in [0, 0.05) is 13.0 Å². The van der Waals surface area contributed by atoms with E-state index < -0.39 is 0 Å². The van der Waals surface area contributed by atoms with E-state index in [0.29, 0.717) is 0 Å². The minimum absolute atomic E-state index is 0.00285. The maximum absolute atomic E-state index is 11.7. The van der Waals surface area contributed by atoms with Crippen molar-refractivity contribution in [3.05, 3.63) is 35.4 Å². The number of hydrogen-bond acceptors (Lipinski definition) is 2. The van der Waals surface area contributed by atoms with Crippen molar-refractivity contribution in [2.75, 3.05) is 14.2 Å². The van der Waals surface area contributed by atoms with Gasteiger partial charge in [0.15, 0.2) is 0 Å². The molecule has 1 aromatic rings. The molecule has 16 heavy (non-hydrogen) atoms. The zero-order valence-corrected chi connectivity index (χ0v) is 10.4. The van der Waals surface area contributed by atoms with Gasteiger partial charge in [0.1, 0.15) is 0 Å². The Bertz CT molecular complexity index is 345. The first kappa shape index (κ1) is 12.7. The average molecular weight is 221 g/mol. The molecule has 3 heteroatoms. The number of benzene rings is 1. The lowest BCUT2D eigenvalue weighted by Gasteiger charge is -2.18. The molecule has 0 unspecified atom stereocenters. The van der Waals surface area contributed by atoms with Gasteiger partial charge in [-0.25, -0.2) is 5.06 Å². The lowest BCUT2D eigenvalue weighted by Crippen LogP contribution is -2.31.